The van der Waals surface area contributed by atoms with Crippen molar-refractivity contribution in [3.63, 3.8) is 0 Å². The smallest absolute Gasteiger partial charge is 0.434 e. The molecule has 0 aromatic heterocycles. The Balaban J connectivity index is 3.52. The van der Waals surface area contributed by atoms with E-state index in [1.165, 1.54) is 12.8 Å². The van der Waals surface area contributed by atoms with Crippen LogP contribution < -0.4 is 0 Å². The fourth-order valence-corrected chi connectivity index (χ4v) is 1.59. The van der Waals surface area contributed by atoms with E-state index in [9.17, 15) is 4.79 Å². The second kappa shape index (κ2) is 12.2. The Morgan fingerprint density at radius 1 is 1.22 bits per heavy atom. The lowest BCUT2D eigenvalue weighted by Gasteiger charge is -2.14. The Hall–Kier alpha value is -1.24. The van der Waals surface area contributed by atoms with Crippen LogP contribution in [0.5, 0.6) is 0 Å². The summed E-state index contributed by atoms with van der Waals surface area (Å²) in [6.45, 7) is 5.06. The largest absolute Gasteiger partial charge is 0.508 e. The Bertz CT molecular complexity index is 248. The number of ether oxygens (including phenoxy) is 2. The zero-order valence-electron chi connectivity index (χ0n) is 11.6. The van der Waals surface area contributed by atoms with Crippen LogP contribution in [0.2, 0.25) is 0 Å². The molecule has 1 atom stereocenters. The Morgan fingerprint density at radius 3 is 2.61 bits per heavy atom. The van der Waals surface area contributed by atoms with E-state index in [0.717, 1.165) is 25.7 Å². The second-order valence-electron chi connectivity index (χ2n) is 4.44. The number of unbranched alkanes of at least 4 members (excludes halogenated alkanes) is 3. The summed E-state index contributed by atoms with van der Waals surface area (Å²) >= 11 is 0. The molecular formula is C14H25NO3. The maximum atomic E-state index is 11.3. The van der Waals surface area contributed by atoms with Crippen LogP contribution in [0.4, 0.5) is 4.79 Å². The lowest BCUT2D eigenvalue weighted by Crippen LogP contribution is -2.15. The van der Waals surface area contributed by atoms with Gasteiger partial charge in [-0.3, -0.25) is 0 Å². The number of hydrogen-bond donors (Lipinski definition) is 0. The summed E-state index contributed by atoms with van der Waals surface area (Å²) in [6, 6.07) is 2.05. The molecule has 0 saturated heterocycles. The fraction of sp³-hybridized carbons (Fsp3) is 0.857. The van der Waals surface area contributed by atoms with Crippen molar-refractivity contribution < 1.29 is 14.3 Å². The molecular weight excluding hydrogens is 230 g/mol. The van der Waals surface area contributed by atoms with Crippen molar-refractivity contribution in [3.8, 4) is 6.07 Å². The monoisotopic (exact) mass is 255 g/mol. The molecule has 4 heteroatoms. The van der Waals surface area contributed by atoms with Crippen LogP contribution in [0.25, 0.3) is 0 Å². The summed E-state index contributed by atoms with van der Waals surface area (Å²) in [7, 11) is 0. The maximum Gasteiger partial charge on any atom is 0.508 e. The van der Waals surface area contributed by atoms with Crippen LogP contribution >= 0.6 is 0 Å². The first-order chi connectivity index (χ1) is 8.74. The molecule has 0 spiro atoms. The minimum absolute atomic E-state index is 0.340. The van der Waals surface area contributed by atoms with Gasteiger partial charge in [0.1, 0.15) is 0 Å². The molecule has 0 saturated carbocycles. The number of carbonyl (C=O) groups excluding carboxylic acids is 1. The van der Waals surface area contributed by atoms with Crippen LogP contribution in [0.3, 0.4) is 0 Å². The van der Waals surface area contributed by atoms with E-state index in [1.807, 2.05) is 0 Å². The van der Waals surface area contributed by atoms with Crippen molar-refractivity contribution in [1.82, 2.24) is 0 Å². The molecule has 0 N–H and O–H groups in total. The van der Waals surface area contributed by atoms with E-state index in [4.69, 9.17) is 14.7 Å². The van der Waals surface area contributed by atoms with Crippen molar-refractivity contribution in [2.24, 2.45) is 5.92 Å². The van der Waals surface area contributed by atoms with E-state index in [1.54, 1.807) is 0 Å². The molecule has 0 aliphatic rings. The summed E-state index contributed by atoms with van der Waals surface area (Å²) in [5, 5.41) is 8.34. The third-order valence-corrected chi connectivity index (χ3v) is 2.88. The number of nitrogens with zero attached hydrogens (tertiary/aromatic N) is 1. The summed E-state index contributed by atoms with van der Waals surface area (Å²) in [6.07, 6.45) is 5.87. The molecule has 0 aromatic rings. The number of hydrogen-bond acceptors (Lipinski definition) is 4. The van der Waals surface area contributed by atoms with Gasteiger partial charge in [0.05, 0.1) is 19.3 Å². The minimum Gasteiger partial charge on any atom is -0.434 e. The highest BCUT2D eigenvalue weighted by Crippen LogP contribution is 2.13. The van der Waals surface area contributed by atoms with Gasteiger partial charge in [-0.25, -0.2) is 4.79 Å². The number of rotatable bonds is 10. The normalized spacial score (nSPS) is 11.6. The van der Waals surface area contributed by atoms with Crippen molar-refractivity contribution in [2.45, 2.75) is 58.8 Å². The highest BCUT2D eigenvalue weighted by atomic mass is 16.7. The van der Waals surface area contributed by atoms with E-state index in [0.29, 0.717) is 25.6 Å². The zero-order chi connectivity index (χ0) is 13.6. The Morgan fingerprint density at radius 2 is 2.00 bits per heavy atom. The van der Waals surface area contributed by atoms with Gasteiger partial charge in [-0.05, 0) is 25.2 Å². The van der Waals surface area contributed by atoms with Crippen molar-refractivity contribution in [2.75, 3.05) is 13.2 Å². The molecule has 0 bridgehead atoms. The molecule has 0 heterocycles. The highest BCUT2D eigenvalue weighted by Gasteiger charge is 2.10. The van der Waals surface area contributed by atoms with E-state index in [2.05, 4.69) is 19.9 Å². The highest BCUT2D eigenvalue weighted by molar-refractivity contribution is 5.59. The lowest BCUT2D eigenvalue weighted by atomic mass is 10.0. The van der Waals surface area contributed by atoms with Crippen LogP contribution in [-0.2, 0) is 9.47 Å². The molecule has 104 valence electrons. The van der Waals surface area contributed by atoms with Crippen molar-refractivity contribution in [1.29, 1.82) is 5.26 Å². The van der Waals surface area contributed by atoms with Gasteiger partial charge in [0.2, 0.25) is 0 Å². The molecule has 4 nitrogen and oxygen atoms in total. The quantitative estimate of drug-likeness (QED) is 0.436. The molecule has 0 aliphatic heterocycles. The lowest BCUT2D eigenvalue weighted by molar-refractivity contribution is 0.0417. The van der Waals surface area contributed by atoms with Crippen LogP contribution in [0, 0.1) is 17.2 Å². The summed E-state index contributed by atoms with van der Waals surface area (Å²) in [4.78, 5) is 11.3. The van der Waals surface area contributed by atoms with Gasteiger partial charge in [0.15, 0.2) is 0 Å². The summed E-state index contributed by atoms with van der Waals surface area (Å²) < 4.78 is 9.99. The summed E-state index contributed by atoms with van der Waals surface area (Å²) in [5.74, 6) is 0.441. The van der Waals surface area contributed by atoms with E-state index >= 15 is 0 Å². The van der Waals surface area contributed by atoms with E-state index in [-0.39, 0.29) is 0 Å². The summed E-state index contributed by atoms with van der Waals surface area (Å²) in [5.41, 5.74) is 0. The third-order valence-electron chi connectivity index (χ3n) is 2.88. The standard InChI is InChI=1S/C14H25NO3/c1-3-5-9-13(4-2)12-18-14(16)17-11-8-6-7-10-15/h13H,3-9,11-12H2,1-2H3. The van der Waals surface area contributed by atoms with E-state index < -0.39 is 6.16 Å². The number of carbonyl (C=O) groups is 1. The van der Waals surface area contributed by atoms with Crippen molar-refractivity contribution in [3.05, 3.63) is 0 Å². The van der Waals surface area contributed by atoms with Gasteiger partial charge < -0.3 is 9.47 Å². The van der Waals surface area contributed by atoms with Gasteiger partial charge >= 0.3 is 6.16 Å². The molecule has 0 radical (unpaired) electrons. The van der Waals surface area contributed by atoms with Gasteiger partial charge in [0, 0.05) is 6.42 Å². The Labute approximate surface area is 110 Å². The van der Waals surface area contributed by atoms with Gasteiger partial charge in [-0.15, -0.1) is 0 Å². The maximum absolute atomic E-state index is 11.3. The predicted molar refractivity (Wildman–Crippen MR) is 70.1 cm³/mol. The van der Waals surface area contributed by atoms with Crippen molar-refractivity contribution >= 4 is 6.16 Å². The first-order valence-electron chi connectivity index (χ1n) is 6.91. The molecule has 0 aliphatic carbocycles. The first-order valence-corrected chi connectivity index (χ1v) is 6.91. The molecule has 1 unspecified atom stereocenters. The molecule has 0 fully saturated rings. The van der Waals surface area contributed by atoms with Crippen LogP contribution in [-0.4, -0.2) is 19.4 Å². The second-order valence-corrected chi connectivity index (χ2v) is 4.44. The average Bonchev–Trinajstić information content (AvgIpc) is 2.39. The van der Waals surface area contributed by atoms with Crippen LogP contribution in [0.15, 0.2) is 0 Å². The number of nitriles is 1. The molecule has 0 amide bonds. The third kappa shape index (κ3) is 9.95. The van der Waals surface area contributed by atoms with Crippen LogP contribution in [0.1, 0.15) is 58.8 Å². The van der Waals surface area contributed by atoms with Gasteiger partial charge in [-0.2, -0.15) is 5.26 Å². The first kappa shape index (κ1) is 16.8. The Kier molecular flexibility index (Phi) is 11.4. The molecule has 18 heavy (non-hydrogen) atoms. The predicted octanol–water partition coefficient (Wildman–Crippen LogP) is 4.05. The topological polar surface area (TPSA) is 59.3 Å². The molecule has 0 aromatic carbocycles. The van der Waals surface area contributed by atoms with Gasteiger partial charge in [0.25, 0.3) is 0 Å². The average molecular weight is 255 g/mol. The van der Waals surface area contributed by atoms with Gasteiger partial charge in [-0.1, -0.05) is 33.1 Å². The molecule has 0 rings (SSSR count). The fourth-order valence-electron chi connectivity index (χ4n) is 1.59. The minimum atomic E-state index is -0.582. The SMILES string of the molecule is CCCCC(CC)COC(=O)OCCCCC#N. The zero-order valence-corrected chi connectivity index (χ0v) is 11.6.